The van der Waals surface area contributed by atoms with Crippen molar-refractivity contribution in [2.75, 3.05) is 24.7 Å². The van der Waals surface area contributed by atoms with Crippen molar-refractivity contribution in [1.82, 2.24) is 10.2 Å². The van der Waals surface area contributed by atoms with Crippen LogP contribution in [0.2, 0.25) is 5.02 Å². The van der Waals surface area contributed by atoms with Gasteiger partial charge in [-0.1, -0.05) is 23.7 Å². The molecule has 3 rings (SSSR count). The second-order valence-electron chi connectivity index (χ2n) is 5.93. The lowest BCUT2D eigenvalue weighted by Gasteiger charge is -2.35. The zero-order valence-corrected chi connectivity index (χ0v) is 13.9. The van der Waals surface area contributed by atoms with Crippen molar-refractivity contribution in [3.63, 3.8) is 0 Å². The number of aliphatic hydroxyl groups excluding tert-OH is 1. The third-order valence-electron chi connectivity index (χ3n) is 4.52. The maximum atomic E-state index is 12.4. The summed E-state index contributed by atoms with van der Waals surface area (Å²) in [4.78, 5) is 14.3. The van der Waals surface area contributed by atoms with Crippen LogP contribution in [0.25, 0.3) is 0 Å². The molecule has 2 saturated heterocycles. The number of carbonyl (C=O) groups excluding carboxylic acids is 1. The highest BCUT2D eigenvalue weighted by atomic mass is 35.5. The van der Waals surface area contributed by atoms with E-state index in [1.807, 2.05) is 29.2 Å². The van der Waals surface area contributed by atoms with Gasteiger partial charge in [-0.2, -0.15) is 0 Å². The van der Waals surface area contributed by atoms with Crippen molar-refractivity contribution in [3.05, 3.63) is 34.9 Å². The van der Waals surface area contributed by atoms with Crippen molar-refractivity contribution < 1.29 is 9.90 Å². The highest BCUT2D eigenvalue weighted by Gasteiger charge is 2.32. The Hall–Kier alpha value is -0.750. The Bertz CT molecular complexity index is 511. The van der Waals surface area contributed by atoms with E-state index in [0.717, 1.165) is 43.1 Å². The molecule has 2 aliphatic rings. The molecule has 22 heavy (non-hydrogen) atoms. The summed E-state index contributed by atoms with van der Waals surface area (Å²) >= 11 is 7.65. The van der Waals surface area contributed by atoms with E-state index in [1.54, 1.807) is 11.8 Å². The number of carbonyl (C=O) groups is 1. The van der Waals surface area contributed by atoms with E-state index in [2.05, 4.69) is 5.32 Å². The van der Waals surface area contributed by atoms with Crippen LogP contribution >= 0.6 is 23.4 Å². The summed E-state index contributed by atoms with van der Waals surface area (Å²) in [5.74, 6) is 2.15. The molecular weight excluding hydrogens is 320 g/mol. The lowest BCUT2D eigenvalue weighted by atomic mass is 9.87. The number of hydrogen-bond donors (Lipinski definition) is 2. The van der Waals surface area contributed by atoms with Crippen LogP contribution < -0.4 is 5.32 Å². The summed E-state index contributed by atoms with van der Waals surface area (Å²) in [6.45, 7) is 1.47. The molecule has 120 valence electrons. The Morgan fingerprint density at radius 3 is 2.59 bits per heavy atom. The molecule has 2 N–H and O–H groups in total. The number of aliphatic hydroxyl groups is 1. The fraction of sp³-hybridized carbons (Fsp3) is 0.562. The first-order chi connectivity index (χ1) is 10.6. The van der Waals surface area contributed by atoms with Crippen molar-refractivity contribution >= 4 is 29.3 Å². The van der Waals surface area contributed by atoms with Gasteiger partial charge in [-0.05, 0) is 36.5 Å². The van der Waals surface area contributed by atoms with E-state index in [1.165, 1.54) is 0 Å². The summed E-state index contributed by atoms with van der Waals surface area (Å²) in [5.41, 5.74) is 0.906. The number of nitrogens with zero attached hydrogens (tertiary/aromatic N) is 1. The van der Waals surface area contributed by atoms with Gasteiger partial charge in [0.2, 0.25) is 5.91 Å². The first-order valence-electron chi connectivity index (χ1n) is 7.68. The molecule has 1 aromatic rings. The number of nitrogens with one attached hydrogen (secondary N) is 1. The molecule has 0 spiro atoms. The number of thioether (sulfide) groups is 1. The van der Waals surface area contributed by atoms with Crippen LogP contribution in [-0.4, -0.2) is 46.7 Å². The summed E-state index contributed by atoms with van der Waals surface area (Å²) in [6, 6.07) is 7.35. The van der Waals surface area contributed by atoms with Crippen LogP contribution in [0.4, 0.5) is 0 Å². The number of halogens is 1. The maximum Gasteiger partial charge on any atom is 0.240 e. The Kier molecular flexibility index (Phi) is 5.29. The summed E-state index contributed by atoms with van der Waals surface area (Å²) < 4.78 is 0. The van der Waals surface area contributed by atoms with Gasteiger partial charge in [0.15, 0.2) is 0 Å². The smallest absolute Gasteiger partial charge is 0.240 e. The fourth-order valence-electron chi connectivity index (χ4n) is 3.14. The molecule has 4 nitrogen and oxygen atoms in total. The summed E-state index contributed by atoms with van der Waals surface area (Å²) in [6.07, 6.45) is 1.21. The van der Waals surface area contributed by atoms with Crippen LogP contribution in [0.3, 0.4) is 0 Å². The molecule has 2 aliphatic heterocycles. The quantitative estimate of drug-likeness (QED) is 0.886. The second-order valence-corrected chi connectivity index (χ2v) is 7.40. The SMILES string of the molecule is O=C(C1CSCN1)N1CCC(C(O)c2ccc(Cl)cc2)CC1. The highest BCUT2D eigenvalue weighted by molar-refractivity contribution is 7.99. The van der Waals surface area contributed by atoms with Crippen molar-refractivity contribution in [2.45, 2.75) is 25.0 Å². The Morgan fingerprint density at radius 2 is 2.00 bits per heavy atom. The van der Waals surface area contributed by atoms with E-state index in [4.69, 9.17) is 11.6 Å². The minimum absolute atomic E-state index is 0.0252. The molecule has 2 fully saturated rings. The molecule has 0 bridgehead atoms. The van der Waals surface area contributed by atoms with Crippen LogP contribution in [0.1, 0.15) is 24.5 Å². The molecule has 2 unspecified atom stereocenters. The average Bonchev–Trinajstić information content (AvgIpc) is 3.09. The normalized spacial score (nSPS) is 24.5. The average molecular weight is 341 g/mol. The summed E-state index contributed by atoms with van der Waals surface area (Å²) in [7, 11) is 0. The predicted octanol–water partition coefficient (Wildman–Crippen LogP) is 2.27. The minimum Gasteiger partial charge on any atom is -0.388 e. The number of amides is 1. The zero-order chi connectivity index (χ0) is 15.5. The standard InChI is InChI=1S/C16H21ClN2O2S/c17-13-3-1-11(2-4-13)15(20)12-5-7-19(8-6-12)16(21)14-9-22-10-18-14/h1-4,12,14-15,18,20H,5-10H2. The predicted molar refractivity (Wildman–Crippen MR) is 90.0 cm³/mol. The molecule has 6 heteroatoms. The molecule has 2 heterocycles. The number of piperidine rings is 1. The van der Waals surface area contributed by atoms with E-state index >= 15 is 0 Å². The molecule has 0 radical (unpaired) electrons. The third-order valence-corrected chi connectivity index (χ3v) is 5.72. The lowest BCUT2D eigenvalue weighted by molar-refractivity contribution is -0.134. The van der Waals surface area contributed by atoms with Crippen molar-refractivity contribution in [2.24, 2.45) is 5.92 Å². The van der Waals surface area contributed by atoms with Gasteiger partial charge < -0.3 is 10.0 Å². The number of likely N-dealkylation sites (tertiary alicyclic amines) is 1. The van der Waals surface area contributed by atoms with E-state index in [-0.39, 0.29) is 17.9 Å². The van der Waals surface area contributed by atoms with Gasteiger partial charge >= 0.3 is 0 Å². The Morgan fingerprint density at radius 1 is 1.32 bits per heavy atom. The monoisotopic (exact) mass is 340 g/mol. The molecular formula is C16H21ClN2O2S. The van der Waals surface area contributed by atoms with Crippen LogP contribution in [0, 0.1) is 5.92 Å². The van der Waals surface area contributed by atoms with Gasteiger partial charge in [-0.25, -0.2) is 0 Å². The van der Waals surface area contributed by atoms with Crippen LogP contribution in [-0.2, 0) is 4.79 Å². The van der Waals surface area contributed by atoms with Crippen LogP contribution in [0.5, 0.6) is 0 Å². The van der Waals surface area contributed by atoms with E-state index < -0.39 is 6.10 Å². The number of rotatable bonds is 3. The van der Waals surface area contributed by atoms with Gasteiger partial charge in [0.1, 0.15) is 0 Å². The fourth-order valence-corrected chi connectivity index (χ4v) is 4.20. The topological polar surface area (TPSA) is 52.6 Å². The minimum atomic E-state index is -0.477. The van der Waals surface area contributed by atoms with E-state index in [9.17, 15) is 9.90 Å². The van der Waals surface area contributed by atoms with Gasteiger partial charge in [-0.15, -0.1) is 11.8 Å². The van der Waals surface area contributed by atoms with Gasteiger partial charge in [0, 0.05) is 29.7 Å². The molecule has 0 saturated carbocycles. The molecule has 0 aromatic heterocycles. The second kappa shape index (κ2) is 7.21. The maximum absolute atomic E-state index is 12.4. The molecule has 0 aliphatic carbocycles. The van der Waals surface area contributed by atoms with Crippen molar-refractivity contribution in [3.8, 4) is 0 Å². The van der Waals surface area contributed by atoms with Crippen LogP contribution in [0.15, 0.2) is 24.3 Å². The van der Waals surface area contributed by atoms with Gasteiger partial charge in [0.25, 0.3) is 0 Å². The van der Waals surface area contributed by atoms with E-state index in [0.29, 0.717) is 5.02 Å². The highest BCUT2D eigenvalue weighted by Crippen LogP contribution is 2.31. The Balaban J connectivity index is 1.54. The lowest BCUT2D eigenvalue weighted by Crippen LogP contribution is -2.48. The van der Waals surface area contributed by atoms with Gasteiger partial charge in [-0.3, -0.25) is 10.1 Å². The van der Waals surface area contributed by atoms with Crippen molar-refractivity contribution in [1.29, 1.82) is 0 Å². The first kappa shape index (κ1) is 16.1. The number of benzene rings is 1. The zero-order valence-electron chi connectivity index (χ0n) is 12.4. The number of hydrogen-bond acceptors (Lipinski definition) is 4. The summed E-state index contributed by atoms with van der Waals surface area (Å²) in [5, 5.41) is 14.4. The largest absolute Gasteiger partial charge is 0.388 e. The molecule has 1 aromatic carbocycles. The first-order valence-corrected chi connectivity index (χ1v) is 9.22. The Labute approximate surface area is 140 Å². The molecule has 1 amide bonds. The van der Waals surface area contributed by atoms with Gasteiger partial charge in [0.05, 0.1) is 12.1 Å². The molecule has 2 atom stereocenters. The third kappa shape index (κ3) is 3.59.